The number of rotatable bonds is 10. The molecular formula is C15H30N2O3. The van der Waals surface area contributed by atoms with Crippen LogP contribution in [0.3, 0.4) is 0 Å². The first-order valence-electron chi connectivity index (χ1n) is 7.48. The van der Waals surface area contributed by atoms with Gasteiger partial charge in [0.15, 0.2) is 0 Å². The van der Waals surface area contributed by atoms with E-state index in [2.05, 4.69) is 19.2 Å². The summed E-state index contributed by atoms with van der Waals surface area (Å²) in [7, 11) is 1.74. The van der Waals surface area contributed by atoms with Crippen molar-refractivity contribution in [3.8, 4) is 0 Å². The molecule has 1 atom stereocenters. The molecule has 0 heterocycles. The molecule has 1 amide bonds. The van der Waals surface area contributed by atoms with Gasteiger partial charge in [-0.2, -0.15) is 0 Å². The Labute approximate surface area is 123 Å². The van der Waals surface area contributed by atoms with E-state index in [0.717, 1.165) is 12.8 Å². The fourth-order valence-corrected chi connectivity index (χ4v) is 1.95. The monoisotopic (exact) mass is 286 g/mol. The molecule has 20 heavy (non-hydrogen) atoms. The van der Waals surface area contributed by atoms with E-state index in [-0.39, 0.29) is 31.0 Å². The molecule has 5 nitrogen and oxygen atoms in total. The average Bonchev–Trinajstić information content (AvgIpc) is 2.27. The molecule has 1 unspecified atom stereocenters. The SMILES string of the molecule is CCOC(=O)CN(C)CC(=O)NC(C)CCCC(C)C. The van der Waals surface area contributed by atoms with Crippen LogP contribution in [0.15, 0.2) is 0 Å². The molecule has 0 aromatic rings. The Hall–Kier alpha value is -1.10. The van der Waals surface area contributed by atoms with Crippen LogP contribution in [-0.2, 0) is 14.3 Å². The van der Waals surface area contributed by atoms with E-state index in [9.17, 15) is 9.59 Å². The number of esters is 1. The Kier molecular flexibility index (Phi) is 10.1. The summed E-state index contributed by atoms with van der Waals surface area (Å²) in [6.45, 7) is 8.91. The maximum atomic E-state index is 11.8. The predicted molar refractivity (Wildman–Crippen MR) is 80.4 cm³/mol. The summed E-state index contributed by atoms with van der Waals surface area (Å²) in [5.74, 6) is 0.357. The quantitative estimate of drug-likeness (QED) is 0.622. The van der Waals surface area contributed by atoms with Gasteiger partial charge in [-0.25, -0.2) is 0 Å². The van der Waals surface area contributed by atoms with Gasteiger partial charge in [-0.1, -0.05) is 26.7 Å². The molecule has 0 aliphatic carbocycles. The number of nitrogens with one attached hydrogen (secondary N) is 1. The van der Waals surface area contributed by atoms with Gasteiger partial charge in [0.1, 0.15) is 0 Å². The number of ether oxygens (including phenoxy) is 1. The van der Waals surface area contributed by atoms with E-state index >= 15 is 0 Å². The third kappa shape index (κ3) is 10.8. The molecular weight excluding hydrogens is 256 g/mol. The van der Waals surface area contributed by atoms with Crippen LogP contribution in [0.2, 0.25) is 0 Å². The molecule has 0 aromatic carbocycles. The minimum Gasteiger partial charge on any atom is -0.465 e. The molecule has 5 heteroatoms. The lowest BCUT2D eigenvalue weighted by molar-refractivity contribution is -0.144. The van der Waals surface area contributed by atoms with Gasteiger partial charge in [0.05, 0.1) is 19.7 Å². The Balaban J connectivity index is 3.82. The molecule has 0 radical (unpaired) electrons. The molecule has 1 N–H and O–H groups in total. The fraction of sp³-hybridized carbons (Fsp3) is 0.867. The van der Waals surface area contributed by atoms with Gasteiger partial charge in [0.2, 0.25) is 5.91 Å². The lowest BCUT2D eigenvalue weighted by Crippen LogP contribution is -2.41. The predicted octanol–water partition coefficient (Wildman–Crippen LogP) is 1.81. The first-order chi connectivity index (χ1) is 9.35. The maximum absolute atomic E-state index is 11.8. The van der Waals surface area contributed by atoms with Gasteiger partial charge in [-0.3, -0.25) is 14.5 Å². The van der Waals surface area contributed by atoms with Crippen molar-refractivity contribution >= 4 is 11.9 Å². The Morgan fingerprint density at radius 3 is 2.35 bits per heavy atom. The van der Waals surface area contributed by atoms with Crippen LogP contribution in [-0.4, -0.2) is 49.6 Å². The number of carbonyl (C=O) groups excluding carboxylic acids is 2. The second-order valence-corrected chi connectivity index (χ2v) is 5.77. The third-order valence-corrected chi connectivity index (χ3v) is 2.94. The zero-order valence-corrected chi connectivity index (χ0v) is 13.6. The number of hydrogen-bond donors (Lipinski definition) is 1. The van der Waals surface area contributed by atoms with E-state index in [1.807, 2.05) is 6.92 Å². The molecule has 0 aliphatic heterocycles. The molecule has 0 aromatic heterocycles. The van der Waals surface area contributed by atoms with Crippen LogP contribution < -0.4 is 5.32 Å². The summed E-state index contributed by atoms with van der Waals surface area (Å²) in [5, 5.41) is 2.96. The topological polar surface area (TPSA) is 58.6 Å². The summed E-state index contributed by atoms with van der Waals surface area (Å²) in [6.07, 6.45) is 3.30. The molecule has 0 fully saturated rings. The maximum Gasteiger partial charge on any atom is 0.320 e. The average molecular weight is 286 g/mol. The zero-order chi connectivity index (χ0) is 15.5. The number of nitrogens with zero attached hydrogens (tertiary/aromatic N) is 1. The van der Waals surface area contributed by atoms with Crippen LogP contribution >= 0.6 is 0 Å². The van der Waals surface area contributed by atoms with Gasteiger partial charge >= 0.3 is 5.97 Å². The molecule has 118 valence electrons. The minimum absolute atomic E-state index is 0.0474. The molecule has 0 saturated carbocycles. The first kappa shape index (κ1) is 18.9. The van der Waals surface area contributed by atoms with Gasteiger partial charge in [-0.15, -0.1) is 0 Å². The van der Waals surface area contributed by atoms with Crippen molar-refractivity contribution in [1.82, 2.24) is 10.2 Å². The molecule has 0 rings (SSSR count). The minimum atomic E-state index is -0.298. The Morgan fingerprint density at radius 1 is 1.15 bits per heavy atom. The van der Waals surface area contributed by atoms with Crippen LogP contribution in [0, 0.1) is 5.92 Å². The highest BCUT2D eigenvalue weighted by molar-refractivity contribution is 5.79. The van der Waals surface area contributed by atoms with Crippen molar-refractivity contribution in [3.63, 3.8) is 0 Å². The van der Waals surface area contributed by atoms with Gasteiger partial charge in [0.25, 0.3) is 0 Å². The van der Waals surface area contributed by atoms with E-state index in [4.69, 9.17) is 4.74 Å². The summed E-state index contributed by atoms with van der Waals surface area (Å²) >= 11 is 0. The second kappa shape index (κ2) is 10.7. The van der Waals surface area contributed by atoms with E-state index < -0.39 is 0 Å². The summed E-state index contributed by atoms with van der Waals surface area (Å²) in [5.41, 5.74) is 0. The second-order valence-electron chi connectivity index (χ2n) is 5.77. The van der Waals surface area contributed by atoms with Crippen LogP contribution in [0.5, 0.6) is 0 Å². The molecule has 0 spiro atoms. The van der Waals surface area contributed by atoms with Gasteiger partial charge < -0.3 is 10.1 Å². The summed E-state index contributed by atoms with van der Waals surface area (Å²) < 4.78 is 4.84. The normalized spacial score (nSPS) is 12.6. The highest BCUT2D eigenvalue weighted by Gasteiger charge is 2.13. The number of hydrogen-bond acceptors (Lipinski definition) is 4. The Morgan fingerprint density at radius 2 is 1.80 bits per heavy atom. The van der Waals surface area contributed by atoms with E-state index in [0.29, 0.717) is 12.5 Å². The van der Waals surface area contributed by atoms with Crippen LogP contribution in [0.1, 0.15) is 47.0 Å². The van der Waals surface area contributed by atoms with Crippen molar-refractivity contribution in [2.24, 2.45) is 5.92 Å². The van der Waals surface area contributed by atoms with Gasteiger partial charge in [-0.05, 0) is 33.2 Å². The number of likely N-dealkylation sites (N-methyl/N-ethyl adjacent to an activating group) is 1. The highest BCUT2D eigenvalue weighted by atomic mass is 16.5. The van der Waals surface area contributed by atoms with E-state index in [1.165, 1.54) is 6.42 Å². The zero-order valence-electron chi connectivity index (χ0n) is 13.6. The smallest absolute Gasteiger partial charge is 0.320 e. The Bertz CT molecular complexity index is 293. The summed E-state index contributed by atoms with van der Waals surface area (Å²) in [4.78, 5) is 24.7. The standard InChI is InChI=1S/C15H30N2O3/c1-6-20-15(19)11-17(5)10-14(18)16-13(4)9-7-8-12(2)3/h12-13H,6-11H2,1-5H3,(H,16,18). The fourth-order valence-electron chi connectivity index (χ4n) is 1.95. The largest absolute Gasteiger partial charge is 0.465 e. The van der Waals surface area contributed by atoms with Crippen molar-refractivity contribution in [2.45, 2.75) is 53.0 Å². The summed E-state index contributed by atoms with van der Waals surface area (Å²) in [6, 6.07) is 0.178. The van der Waals surface area contributed by atoms with Crippen LogP contribution in [0.25, 0.3) is 0 Å². The highest BCUT2D eigenvalue weighted by Crippen LogP contribution is 2.08. The van der Waals surface area contributed by atoms with Crippen LogP contribution in [0.4, 0.5) is 0 Å². The first-order valence-corrected chi connectivity index (χ1v) is 7.48. The third-order valence-electron chi connectivity index (χ3n) is 2.94. The van der Waals surface area contributed by atoms with Crippen molar-refractivity contribution in [3.05, 3.63) is 0 Å². The van der Waals surface area contributed by atoms with Crippen molar-refractivity contribution in [2.75, 3.05) is 26.7 Å². The molecule has 0 bridgehead atoms. The van der Waals surface area contributed by atoms with Crippen molar-refractivity contribution < 1.29 is 14.3 Å². The van der Waals surface area contributed by atoms with Crippen molar-refractivity contribution in [1.29, 1.82) is 0 Å². The number of carbonyl (C=O) groups is 2. The molecule has 0 aliphatic rings. The van der Waals surface area contributed by atoms with Gasteiger partial charge in [0, 0.05) is 6.04 Å². The molecule has 0 saturated heterocycles. The number of amides is 1. The van der Waals surface area contributed by atoms with E-state index in [1.54, 1.807) is 18.9 Å². The lowest BCUT2D eigenvalue weighted by atomic mass is 10.0. The lowest BCUT2D eigenvalue weighted by Gasteiger charge is -2.18.